The third-order valence-electron chi connectivity index (χ3n) is 3.70. The van der Waals surface area contributed by atoms with Crippen molar-refractivity contribution in [3.05, 3.63) is 35.4 Å². The zero-order valence-corrected chi connectivity index (χ0v) is 10.2. The number of hydrogen-bond acceptors (Lipinski definition) is 3. The van der Waals surface area contributed by atoms with E-state index in [9.17, 15) is 9.59 Å². The van der Waals surface area contributed by atoms with Gasteiger partial charge in [-0.05, 0) is 24.8 Å². The Kier molecular flexibility index (Phi) is 3.01. The normalized spacial score (nSPS) is 23.1. The summed E-state index contributed by atoms with van der Waals surface area (Å²) in [5.74, 6) is -0.492. The highest BCUT2D eigenvalue weighted by molar-refractivity contribution is 6.14. The second kappa shape index (κ2) is 4.32. The largest absolute Gasteiger partial charge is 0.468 e. The minimum atomic E-state index is -0.969. The SMILES string of the molecule is CCC1(C(=O)OC)CCc2ccccc2C1=O. The highest BCUT2D eigenvalue weighted by Gasteiger charge is 2.48. The van der Waals surface area contributed by atoms with Crippen LogP contribution in [0.2, 0.25) is 0 Å². The van der Waals surface area contributed by atoms with Crippen LogP contribution in [0.4, 0.5) is 0 Å². The van der Waals surface area contributed by atoms with E-state index < -0.39 is 11.4 Å². The lowest BCUT2D eigenvalue weighted by Gasteiger charge is -2.33. The topological polar surface area (TPSA) is 43.4 Å². The molecule has 17 heavy (non-hydrogen) atoms. The van der Waals surface area contributed by atoms with Crippen LogP contribution in [0.1, 0.15) is 35.7 Å². The van der Waals surface area contributed by atoms with Gasteiger partial charge in [0.25, 0.3) is 0 Å². The molecule has 1 unspecified atom stereocenters. The van der Waals surface area contributed by atoms with Crippen LogP contribution in [0.15, 0.2) is 24.3 Å². The molecular weight excluding hydrogens is 216 g/mol. The monoisotopic (exact) mass is 232 g/mol. The van der Waals surface area contributed by atoms with Crippen molar-refractivity contribution in [1.82, 2.24) is 0 Å². The minimum Gasteiger partial charge on any atom is -0.468 e. The van der Waals surface area contributed by atoms with Gasteiger partial charge in [-0.15, -0.1) is 0 Å². The van der Waals surface area contributed by atoms with Crippen molar-refractivity contribution >= 4 is 11.8 Å². The Morgan fingerprint density at radius 2 is 2.12 bits per heavy atom. The molecule has 1 aliphatic carbocycles. The van der Waals surface area contributed by atoms with E-state index in [2.05, 4.69) is 0 Å². The highest BCUT2D eigenvalue weighted by atomic mass is 16.5. The first-order valence-corrected chi connectivity index (χ1v) is 5.87. The number of hydrogen-bond donors (Lipinski definition) is 0. The van der Waals surface area contributed by atoms with Gasteiger partial charge in [-0.2, -0.15) is 0 Å². The van der Waals surface area contributed by atoms with Crippen LogP contribution < -0.4 is 0 Å². The molecule has 1 atom stereocenters. The number of ketones is 1. The molecule has 0 heterocycles. The lowest BCUT2D eigenvalue weighted by molar-refractivity contribution is -0.150. The summed E-state index contributed by atoms with van der Waals surface area (Å²) in [6.07, 6.45) is 1.80. The maximum absolute atomic E-state index is 12.5. The van der Waals surface area contributed by atoms with Crippen LogP contribution in [-0.4, -0.2) is 18.9 Å². The van der Waals surface area contributed by atoms with E-state index in [1.54, 1.807) is 6.07 Å². The van der Waals surface area contributed by atoms with Gasteiger partial charge in [-0.25, -0.2) is 0 Å². The standard InChI is InChI=1S/C14H16O3/c1-3-14(13(16)17-2)9-8-10-6-4-5-7-11(10)12(14)15/h4-7H,3,8-9H2,1-2H3. The molecule has 1 aromatic carbocycles. The first-order chi connectivity index (χ1) is 8.15. The third-order valence-corrected chi connectivity index (χ3v) is 3.70. The summed E-state index contributed by atoms with van der Waals surface area (Å²) in [6.45, 7) is 1.86. The summed E-state index contributed by atoms with van der Waals surface area (Å²) in [5.41, 5.74) is 0.736. The number of fused-ring (bicyclic) bond motifs is 1. The maximum Gasteiger partial charge on any atom is 0.319 e. The van der Waals surface area contributed by atoms with E-state index in [4.69, 9.17) is 4.74 Å². The highest BCUT2D eigenvalue weighted by Crippen LogP contribution is 2.39. The van der Waals surface area contributed by atoms with E-state index in [-0.39, 0.29) is 5.78 Å². The predicted molar refractivity (Wildman–Crippen MR) is 63.8 cm³/mol. The molecule has 0 spiro atoms. The Hall–Kier alpha value is -1.64. The van der Waals surface area contributed by atoms with Crippen molar-refractivity contribution in [3.8, 4) is 0 Å². The molecule has 0 bridgehead atoms. The maximum atomic E-state index is 12.5. The average Bonchev–Trinajstić information content (AvgIpc) is 2.39. The summed E-state index contributed by atoms with van der Waals surface area (Å²) >= 11 is 0. The van der Waals surface area contributed by atoms with Gasteiger partial charge in [0.2, 0.25) is 0 Å². The summed E-state index contributed by atoms with van der Waals surface area (Å²) in [7, 11) is 1.34. The first kappa shape index (κ1) is 11.8. The van der Waals surface area contributed by atoms with Crippen LogP contribution in [0.25, 0.3) is 0 Å². The molecule has 0 fully saturated rings. The number of ether oxygens (including phenoxy) is 1. The van der Waals surface area contributed by atoms with Gasteiger partial charge in [0.1, 0.15) is 5.41 Å². The molecule has 2 rings (SSSR count). The number of rotatable bonds is 2. The molecule has 0 saturated carbocycles. The summed E-state index contributed by atoms with van der Waals surface area (Å²) in [6, 6.07) is 7.50. The third kappa shape index (κ3) is 1.66. The number of aryl methyl sites for hydroxylation is 1. The summed E-state index contributed by atoms with van der Waals surface area (Å²) in [5, 5.41) is 0. The summed E-state index contributed by atoms with van der Waals surface area (Å²) in [4.78, 5) is 24.4. The molecule has 0 radical (unpaired) electrons. The molecular formula is C14H16O3. The number of esters is 1. The van der Waals surface area contributed by atoms with Crippen LogP contribution in [0.5, 0.6) is 0 Å². The van der Waals surface area contributed by atoms with E-state index >= 15 is 0 Å². The fourth-order valence-electron chi connectivity index (χ4n) is 2.55. The van der Waals surface area contributed by atoms with Crippen LogP contribution in [-0.2, 0) is 16.0 Å². The van der Waals surface area contributed by atoms with Crippen molar-refractivity contribution in [2.75, 3.05) is 7.11 Å². The van der Waals surface area contributed by atoms with Crippen LogP contribution >= 0.6 is 0 Å². The van der Waals surface area contributed by atoms with Gasteiger partial charge in [0.15, 0.2) is 5.78 Å². The number of benzene rings is 1. The fourth-order valence-corrected chi connectivity index (χ4v) is 2.55. The molecule has 1 aliphatic rings. The number of carbonyl (C=O) groups excluding carboxylic acids is 2. The van der Waals surface area contributed by atoms with Crippen LogP contribution in [0.3, 0.4) is 0 Å². The van der Waals surface area contributed by atoms with Crippen molar-refractivity contribution in [2.24, 2.45) is 5.41 Å². The molecule has 3 heteroatoms. The Bertz CT molecular complexity index is 464. The van der Waals surface area contributed by atoms with Crippen LogP contribution in [0, 0.1) is 5.41 Å². The zero-order valence-electron chi connectivity index (χ0n) is 10.2. The average molecular weight is 232 g/mol. The van der Waals surface area contributed by atoms with E-state index in [0.29, 0.717) is 18.4 Å². The molecule has 0 amide bonds. The predicted octanol–water partition coefficient (Wildman–Crippen LogP) is 2.38. The lowest BCUT2D eigenvalue weighted by atomic mass is 9.69. The van der Waals surface area contributed by atoms with E-state index in [1.807, 2.05) is 25.1 Å². The Morgan fingerprint density at radius 3 is 2.76 bits per heavy atom. The smallest absolute Gasteiger partial charge is 0.319 e. The Balaban J connectivity index is 2.49. The first-order valence-electron chi connectivity index (χ1n) is 5.87. The van der Waals surface area contributed by atoms with Gasteiger partial charge in [-0.1, -0.05) is 31.2 Å². The molecule has 0 N–H and O–H groups in total. The second-order valence-corrected chi connectivity index (χ2v) is 4.41. The van der Waals surface area contributed by atoms with E-state index in [1.165, 1.54) is 7.11 Å². The van der Waals surface area contributed by atoms with Gasteiger partial charge < -0.3 is 4.74 Å². The lowest BCUT2D eigenvalue weighted by Crippen LogP contribution is -2.43. The number of carbonyl (C=O) groups is 2. The molecule has 0 saturated heterocycles. The molecule has 1 aromatic rings. The molecule has 90 valence electrons. The van der Waals surface area contributed by atoms with Gasteiger partial charge in [0.05, 0.1) is 7.11 Å². The fraction of sp³-hybridized carbons (Fsp3) is 0.429. The molecule has 0 aliphatic heterocycles. The zero-order chi connectivity index (χ0) is 12.5. The van der Waals surface area contributed by atoms with Gasteiger partial charge >= 0.3 is 5.97 Å². The minimum absolute atomic E-state index is 0.0892. The Labute approximate surface area is 101 Å². The van der Waals surface area contributed by atoms with E-state index in [0.717, 1.165) is 12.0 Å². The van der Waals surface area contributed by atoms with Gasteiger partial charge in [0, 0.05) is 5.56 Å². The van der Waals surface area contributed by atoms with Crippen molar-refractivity contribution in [1.29, 1.82) is 0 Å². The number of methoxy groups -OCH3 is 1. The van der Waals surface area contributed by atoms with Crippen molar-refractivity contribution in [3.63, 3.8) is 0 Å². The quantitative estimate of drug-likeness (QED) is 0.581. The van der Waals surface area contributed by atoms with Crippen molar-refractivity contribution in [2.45, 2.75) is 26.2 Å². The number of Topliss-reactive ketones (excluding diaryl/α,β-unsaturated/α-hetero) is 1. The summed E-state index contributed by atoms with van der Waals surface area (Å²) < 4.78 is 4.81. The molecule has 0 aromatic heterocycles. The Morgan fingerprint density at radius 1 is 1.41 bits per heavy atom. The molecule has 3 nitrogen and oxygen atoms in total. The van der Waals surface area contributed by atoms with Crippen molar-refractivity contribution < 1.29 is 14.3 Å². The second-order valence-electron chi connectivity index (χ2n) is 4.41. The van der Waals surface area contributed by atoms with Gasteiger partial charge in [-0.3, -0.25) is 9.59 Å².